The van der Waals surface area contributed by atoms with Gasteiger partial charge in [0.1, 0.15) is 6.17 Å². The lowest BCUT2D eigenvalue weighted by molar-refractivity contribution is 0.198. The minimum Gasteiger partial charge on any atom is -0.279 e. The third kappa shape index (κ3) is 2.48. The van der Waals surface area contributed by atoms with Gasteiger partial charge in [0.05, 0.1) is 4.90 Å². The largest absolute Gasteiger partial charge is 0.279 e. The van der Waals surface area contributed by atoms with Crippen LogP contribution in [0.5, 0.6) is 0 Å². The monoisotopic (exact) mass is 342 g/mol. The van der Waals surface area contributed by atoms with E-state index in [4.69, 9.17) is 0 Å². The molecule has 0 spiro atoms. The van der Waals surface area contributed by atoms with Crippen molar-refractivity contribution in [1.29, 1.82) is 0 Å². The molecule has 0 radical (unpaired) electrons. The maximum Gasteiger partial charge on any atom is 0.245 e. The van der Waals surface area contributed by atoms with Crippen molar-refractivity contribution in [3.8, 4) is 0 Å². The molecule has 0 N–H and O–H groups in total. The van der Waals surface area contributed by atoms with E-state index in [2.05, 4.69) is 4.90 Å². The van der Waals surface area contributed by atoms with E-state index in [1.807, 2.05) is 49.4 Å². The molecule has 2 atom stereocenters. The van der Waals surface area contributed by atoms with E-state index in [0.717, 1.165) is 30.5 Å². The van der Waals surface area contributed by atoms with Gasteiger partial charge in [-0.05, 0) is 37.0 Å². The number of rotatable bonds is 3. The molecular formula is C19H22N2O2S. The highest BCUT2D eigenvalue weighted by Gasteiger charge is 2.48. The summed E-state index contributed by atoms with van der Waals surface area (Å²) in [6, 6.07) is 17.6. The molecule has 2 aliphatic heterocycles. The summed E-state index contributed by atoms with van der Waals surface area (Å²) in [6.45, 7) is 3.40. The molecule has 4 rings (SSSR count). The quantitative estimate of drug-likeness (QED) is 0.860. The molecule has 2 unspecified atom stereocenters. The summed E-state index contributed by atoms with van der Waals surface area (Å²) in [5.41, 5.74) is 1.86. The average molecular weight is 342 g/mol. The van der Waals surface area contributed by atoms with E-state index in [0.29, 0.717) is 17.5 Å². The Kier molecular flexibility index (Phi) is 3.95. The van der Waals surface area contributed by atoms with Gasteiger partial charge in [-0.15, -0.1) is 0 Å². The average Bonchev–Trinajstić information content (AvgIpc) is 3.17. The molecule has 2 fully saturated rings. The van der Waals surface area contributed by atoms with E-state index in [1.165, 1.54) is 0 Å². The summed E-state index contributed by atoms with van der Waals surface area (Å²) >= 11 is 0. The number of hydrogen-bond acceptors (Lipinski definition) is 3. The first kappa shape index (κ1) is 15.8. The Hall–Kier alpha value is -1.69. The summed E-state index contributed by atoms with van der Waals surface area (Å²) in [6.07, 6.45) is 2.03. The molecule has 0 amide bonds. The fourth-order valence-corrected chi connectivity index (χ4v) is 5.89. The van der Waals surface area contributed by atoms with Gasteiger partial charge in [0, 0.05) is 19.1 Å². The molecule has 5 heteroatoms. The van der Waals surface area contributed by atoms with Crippen LogP contribution in [0, 0.1) is 6.92 Å². The molecule has 2 aliphatic rings. The van der Waals surface area contributed by atoms with Gasteiger partial charge in [0.2, 0.25) is 10.0 Å². The summed E-state index contributed by atoms with van der Waals surface area (Å²) in [4.78, 5) is 2.78. The minimum atomic E-state index is -3.52. The van der Waals surface area contributed by atoms with Crippen LogP contribution in [-0.4, -0.2) is 36.8 Å². The Labute approximate surface area is 143 Å². The molecule has 4 nitrogen and oxygen atoms in total. The third-order valence-electron chi connectivity index (χ3n) is 5.18. The Bertz CT molecular complexity index is 835. The Morgan fingerprint density at radius 2 is 1.71 bits per heavy atom. The zero-order valence-corrected chi connectivity index (χ0v) is 14.6. The maximum absolute atomic E-state index is 13.4. The second-order valence-electron chi connectivity index (χ2n) is 6.66. The molecule has 0 saturated carbocycles. The van der Waals surface area contributed by atoms with Crippen LogP contribution in [0.4, 0.5) is 0 Å². The third-order valence-corrected chi connectivity index (χ3v) is 7.16. The fraction of sp³-hybridized carbons (Fsp3) is 0.368. The first-order valence-corrected chi connectivity index (χ1v) is 9.91. The molecule has 2 heterocycles. The Balaban J connectivity index is 1.80. The van der Waals surface area contributed by atoms with Crippen molar-refractivity contribution in [2.45, 2.75) is 36.9 Å². The van der Waals surface area contributed by atoms with Crippen molar-refractivity contribution >= 4 is 10.0 Å². The standard InChI is InChI=1S/C19H22N2O2S/c1-15-8-5-6-12-18(15)24(22,23)21-14-17-11-7-13-20(17)19(21)16-9-3-2-4-10-16/h2-6,8-10,12,17,19H,7,11,13-14H2,1H3. The zero-order valence-electron chi connectivity index (χ0n) is 13.8. The number of sulfonamides is 1. The van der Waals surface area contributed by atoms with Crippen LogP contribution in [0.15, 0.2) is 59.5 Å². The molecule has 24 heavy (non-hydrogen) atoms. The van der Waals surface area contributed by atoms with E-state index in [9.17, 15) is 8.42 Å². The predicted octanol–water partition coefficient (Wildman–Crippen LogP) is 3.16. The van der Waals surface area contributed by atoms with Gasteiger partial charge >= 0.3 is 0 Å². The van der Waals surface area contributed by atoms with Crippen LogP contribution < -0.4 is 0 Å². The van der Waals surface area contributed by atoms with Crippen LogP contribution in [0.25, 0.3) is 0 Å². The topological polar surface area (TPSA) is 40.6 Å². The second kappa shape index (κ2) is 5.99. The number of nitrogens with zero attached hydrogens (tertiary/aromatic N) is 2. The molecule has 126 valence electrons. The normalized spacial score (nSPS) is 25.0. The predicted molar refractivity (Wildman–Crippen MR) is 94.0 cm³/mol. The second-order valence-corrected chi connectivity index (χ2v) is 8.52. The summed E-state index contributed by atoms with van der Waals surface area (Å²) in [5, 5.41) is 0. The van der Waals surface area contributed by atoms with E-state index >= 15 is 0 Å². The number of fused-ring (bicyclic) bond motifs is 1. The number of hydrogen-bond donors (Lipinski definition) is 0. The van der Waals surface area contributed by atoms with Gasteiger partial charge in [0.25, 0.3) is 0 Å². The first-order chi connectivity index (χ1) is 11.6. The van der Waals surface area contributed by atoms with Crippen molar-refractivity contribution in [2.75, 3.05) is 13.1 Å². The lowest BCUT2D eigenvalue weighted by Crippen LogP contribution is -2.35. The van der Waals surface area contributed by atoms with Crippen LogP contribution >= 0.6 is 0 Å². The van der Waals surface area contributed by atoms with E-state index < -0.39 is 10.0 Å². The van der Waals surface area contributed by atoms with Gasteiger partial charge in [-0.25, -0.2) is 8.42 Å². The van der Waals surface area contributed by atoms with Gasteiger partial charge in [0.15, 0.2) is 0 Å². The first-order valence-electron chi connectivity index (χ1n) is 8.47. The van der Waals surface area contributed by atoms with Crippen LogP contribution in [0.1, 0.15) is 30.1 Å². The number of aryl methyl sites for hydroxylation is 1. The van der Waals surface area contributed by atoms with Crippen molar-refractivity contribution in [3.05, 3.63) is 65.7 Å². The molecule has 0 aliphatic carbocycles. The van der Waals surface area contributed by atoms with Crippen molar-refractivity contribution in [1.82, 2.24) is 9.21 Å². The summed E-state index contributed by atoms with van der Waals surface area (Å²) < 4.78 is 28.4. The Morgan fingerprint density at radius 1 is 1.00 bits per heavy atom. The van der Waals surface area contributed by atoms with Gasteiger partial charge in [-0.3, -0.25) is 4.90 Å². The van der Waals surface area contributed by atoms with Gasteiger partial charge in [-0.1, -0.05) is 48.5 Å². The highest BCUT2D eigenvalue weighted by atomic mass is 32.2. The van der Waals surface area contributed by atoms with Crippen molar-refractivity contribution in [3.63, 3.8) is 0 Å². The molecule has 0 aromatic heterocycles. The summed E-state index contributed by atoms with van der Waals surface area (Å²) in [5.74, 6) is 0. The molecular weight excluding hydrogens is 320 g/mol. The van der Waals surface area contributed by atoms with E-state index in [1.54, 1.807) is 16.4 Å². The number of benzene rings is 2. The van der Waals surface area contributed by atoms with E-state index in [-0.39, 0.29) is 6.17 Å². The van der Waals surface area contributed by atoms with Crippen LogP contribution in [-0.2, 0) is 10.0 Å². The zero-order chi connectivity index (χ0) is 16.7. The van der Waals surface area contributed by atoms with Crippen LogP contribution in [0.3, 0.4) is 0 Å². The molecule has 2 saturated heterocycles. The lowest BCUT2D eigenvalue weighted by atomic mass is 10.1. The fourth-order valence-electron chi connectivity index (χ4n) is 4.03. The SMILES string of the molecule is Cc1ccccc1S(=O)(=O)N1CC2CCCN2C1c1ccccc1. The highest BCUT2D eigenvalue weighted by Crippen LogP contribution is 2.42. The summed E-state index contributed by atoms with van der Waals surface area (Å²) in [7, 11) is -3.52. The van der Waals surface area contributed by atoms with Crippen molar-refractivity contribution in [2.24, 2.45) is 0 Å². The molecule has 2 aromatic carbocycles. The minimum absolute atomic E-state index is 0.191. The maximum atomic E-state index is 13.4. The van der Waals surface area contributed by atoms with Gasteiger partial charge in [-0.2, -0.15) is 4.31 Å². The molecule has 0 bridgehead atoms. The Morgan fingerprint density at radius 3 is 2.46 bits per heavy atom. The smallest absolute Gasteiger partial charge is 0.245 e. The van der Waals surface area contributed by atoms with Gasteiger partial charge < -0.3 is 0 Å². The highest BCUT2D eigenvalue weighted by molar-refractivity contribution is 7.89. The van der Waals surface area contributed by atoms with Crippen LogP contribution in [0.2, 0.25) is 0 Å². The lowest BCUT2D eigenvalue weighted by Gasteiger charge is -2.29. The van der Waals surface area contributed by atoms with Crippen molar-refractivity contribution < 1.29 is 8.42 Å². The molecule has 2 aromatic rings.